The molecular formula is C15H13N3O3S. The Morgan fingerprint density at radius 1 is 1.27 bits per heavy atom. The van der Waals surface area contributed by atoms with Crippen molar-refractivity contribution in [3.8, 4) is 0 Å². The summed E-state index contributed by atoms with van der Waals surface area (Å²) in [6.45, 7) is 1.88. The number of aryl methyl sites for hydroxylation is 1. The SMILES string of the molecule is Cc1nc(CC(=O)Nc2ccc3c(c2)C(=O)N(C)C3=O)cs1. The normalized spacial score (nSPS) is 13.5. The Bertz CT molecular complexity index is 797. The van der Waals surface area contributed by atoms with E-state index >= 15 is 0 Å². The minimum Gasteiger partial charge on any atom is -0.326 e. The van der Waals surface area contributed by atoms with Crippen LogP contribution in [0.15, 0.2) is 23.6 Å². The number of anilines is 1. The van der Waals surface area contributed by atoms with E-state index in [4.69, 9.17) is 0 Å². The molecule has 1 aliphatic rings. The van der Waals surface area contributed by atoms with Crippen LogP contribution in [0, 0.1) is 6.92 Å². The van der Waals surface area contributed by atoms with Gasteiger partial charge in [-0.3, -0.25) is 19.3 Å². The van der Waals surface area contributed by atoms with Crippen molar-refractivity contribution in [1.82, 2.24) is 9.88 Å². The number of hydrogen-bond acceptors (Lipinski definition) is 5. The van der Waals surface area contributed by atoms with E-state index in [0.717, 1.165) is 9.91 Å². The highest BCUT2D eigenvalue weighted by atomic mass is 32.1. The molecule has 2 aromatic rings. The lowest BCUT2D eigenvalue weighted by Crippen LogP contribution is -2.24. The van der Waals surface area contributed by atoms with Crippen LogP contribution in [0.25, 0.3) is 0 Å². The van der Waals surface area contributed by atoms with E-state index in [1.165, 1.54) is 24.5 Å². The smallest absolute Gasteiger partial charge is 0.261 e. The van der Waals surface area contributed by atoms with Gasteiger partial charge in [0.2, 0.25) is 5.91 Å². The molecule has 0 fully saturated rings. The van der Waals surface area contributed by atoms with Gasteiger partial charge in [-0.15, -0.1) is 11.3 Å². The number of hydrogen-bond donors (Lipinski definition) is 1. The molecule has 6 nitrogen and oxygen atoms in total. The molecule has 0 atom stereocenters. The zero-order valence-corrected chi connectivity index (χ0v) is 12.9. The summed E-state index contributed by atoms with van der Waals surface area (Å²) in [7, 11) is 1.44. The Hall–Kier alpha value is -2.54. The molecule has 0 radical (unpaired) electrons. The summed E-state index contributed by atoms with van der Waals surface area (Å²) in [5.41, 5.74) is 1.88. The summed E-state index contributed by atoms with van der Waals surface area (Å²) in [5.74, 6) is -0.891. The second kappa shape index (κ2) is 5.34. The monoisotopic (exact) mass is 315 g/mol. The molecule has 0 unspecified atom stereocenters. The molecule has 112 valence electrons. The quantitative estimate of drug-likeness (QED) is 0.877. The number of rotatable bonds is 3. The van der Waals surface area contributed by atoms with Crippen molar-refractivity contribution in [3.63, 3.8) is 0 Å². The molecule has 0 saturated carbocycles. The van der Waals surface area contributed by atoms with Crippen LogP contribution >= 0.6 is 11.3 Å². The Morgan fingerprint density at radius 3 is 2.68 bits per heavy atom. The molecule has 0 aliphatic carbocycles. The summed E-state index contributed by atoms with van der Waals surface area (Å²) >= 11 is 1.49. The van der Waals surface area contributed by atoms with Crippen molar-refractivity contribution in [3.05, 3.63) is 45.4 Å². The lowest BCUT2D eigenvalue weighted by molar-refractivity contribution is -0.115. The first-order valence-corrected chi connectivity index (χ1v) is 7.51. The van der Waals surface area contributed by atoms with Gasteiger partial charge in [0, 0.05) is 18.1 Å². The van der Waals surface area contributed by atoms with Gasteiger partial charge in [0.25, 0.3) is 11.8 Å². The highest BCUT2D eigenvalue weighted by molar-refractivity contribution is 7.09. The molecule has 1 aromatic heterocycles. The van der Waals surface area contributed by atoms with E-state index in [2.05, 4.69) is 10.3 Å². The maximum atomic E-state index is 12.0. The predicted octanol–water partition coefficient (Wildman–Crippen LogP) is 1.86. The van der Waals surface area contributed by atoms with Gasteiger partial charge >= 0.3 is 0 Å². The van der Waals surface area contributed by atoms with Crippen LogP contribution in [-0.4, -0.2) is 34.7 Å². The minimum absolute atomic E-state index is 0.175. The van der Waals surface area contributed by atoms with Gasteiger partial charge in [-0.2, -0.15) is 0 Å². The fourth-order valence-electron chi connectivity index (χ4n) is 2.30. The predicted molar refractivity (Wildman–Crippen MR) is 82.1 cm³/mol. The number of imide groups is 1. The fraction of sp³-hybridized carbons (Fsp3) is 0.200. The van der Waals surface area contributed by atoms with Crippen molar-refractivity contribution < 1.29 is 14.4 Å². The summed E-state index contributed by atoms with van der Waals surface area (Å²) in [5, 5.41) is 5.47. The molecule has 7 heteroatoms. The first-order valence-electron chi connectivity index (χ1n) is 6.63. The number of carbonyl (C=O) groups is 3. The number of nitrogens with zero attached hydrogens (tertiary/aromatic N) is 2. The van der Waals surface area contributed by atoms with Gasteiger partial charge in [-0.1, -0.05) is 0 Å². The Morgan fingerprint density at radius 2 is 2.00 bits per heavy atom. The second-order valence-electron chi connectivity index (χ2n) is 5.01. The van der Waals surface area contributed by atoms with E-state index in [-0.39, 0.29) is 24.1 Å². The molecule has 1 N–H and O–H groups in total. The highest BCUT2D eigenvalue weighted by Crippen LogP contribution is 2.24. The average Bonchev–Trinajstić information content (AvgIpc) is 2.97. The molecule has 0 spiro atoms. The Kier molecular flexibility index (Phi) is 3.50. The van der Waals surface area contributed by atoms with Crippen LogP contribution in [0.4, 0.5) is 5.69 Å². The van der Waals surface area contributed by atoms with Crippen LogP contribution in [0.2, 0.25) is 0 Å². The number of aromatic nitrogens is 1. The molecule has 1 aliphatic heterocycles. The van der Waals surface area contributed by atoms with E-state index in [0.29, 0.717) is 22.5 Å². The highest BCUT2D eigenvalue weighted by Gasteiger charge is 2.32. The fourth-order valence-corrected chi connectivity index (χ4v) is 2.91. The Labute approximate surface area is 130 Å². The largest absolute Gasteiger partial charge is 0.326 e. The number of amides is 3. The maximum absolute atomic E-state index is 12.0. The van der Waals surface area contributed by atoms with E-state index in [1.54, 1.807) is 12.1 Å². The van der Waals surface area contributed by atoms with Crippen molar-refractivity contribution in [2.24, 2.45) is 0 Å². The molecule has 3 amide bonds. The van der Waals surface area contributed by atoms with Crippen molar-refractivity contribution in [2.75, 3.05) is 12.4 Å². The van der Waals surface area contributed by atoms with Gasteiger partial charge in [0.05, 0.1) is 28.2 Å². The van der Waals surface area contributed by atoms with Gasteiger partial charge in [-0.25, -0.2) is 4.98 Å². The van der Waals surface area contributed by atoms with E-state index in [9.17, 15) is 14.4 Å². The van der Waals surface area contributed by atoms with Crippen molar-refractivity contribution in [2.45, 2.75) is 13.3 Å². The number of carbonyl (C=O) groups excluding carboxylic acids is 3. The lowest BCUT2D eigenvalue weighted by Gasteiger charge is -2.05. The number of fused-ring (bicyclic) bond motifs is 1. The molecule has 2 heterocycles. The Balaban J connectivity index is 1.76. The lowest BCUT2D eigenvalue weighted by atomic mass is 10.1. The number of thiazole rings is 1. The van der Waals surface area contributed by atoms with Gasteiger partial charge < -0.3 is 5.32 Å². The third-order valence-corrected chi connectivity index (χ3v) is 4.20. The van der Waals surface area contributed by atoms with Crippen LogP contribution in [0.3, 0.4) is 0 Å². The molecule has 3 rings (SSSR count). The first-order chi connectivity index (χ1) is 10.5. The molecule has 22 heavy (non-hydrogen) atoms. The first kappa shape index (κ1) is 14.4. The molecule has 1 aromatic carbocycles. The van der Waals surface area contributed by atoms with Crippen LogP contribution < -0.4 is 5.32 Å². The van der Waals surface area contributed by atoms with Gasteiger partial charge in [0.1, 0.15) is 0 Å². The van der Waals surface area contributed by atoms with Crippen LogP contribution in [0.1, 0.15) is 31.4 Å². The van der Waals surface area contributed by atoms with Crippen LogP contribution in [-0.2, 0) is 11.2 Å². The molecular weight excluding hydrogens is 302 g/mol. The summed E-state index contributed by atoms with van der Waals surface area (Å²) in [6.07, 6.45) is 0.175. The standard InChI is InChI=1S/C15H13N3O3S/c1-8-16-10(7-22-8)6-13(19)17-9-3-4-11-12(5-9)15(21)18(2)14(11)20/h3-5,7H,6H2,1-2H3,(H,17,19). The summed E-state index contributed by atoms with van der Waals surface area (Å²) in [6, 6.07) is 4.71. The van der Waals surface area contributed by atoms with Gasteiger partial charge in [-0.05, 0) is 25.1 Å². The minimum atomic E-state index is -0.355. The van der Waals surface area contributed by atoms with Crippen LogP contribution in [0.5, 0.6) is 0 Å². The maximum Gasteiger partial charge on any atom is 0.261 e. The summed E-state index contributed by atoms with van der Waals surface area (Å²) < 4.78 is 0. The van der Waals surface area contributed by atoms with Crippen molar-refractivity contribution >= 4 is 34.7 Å². The third kappa shape index (κ3) is 2.50. The topological polar surface area (TPSA) is 79.4 Å². The van der Waals surface area contributed by atoms with Crippen molar-refractivity contribution in [1.29, 1.82) is 0 Å². The zero-order valence-electron chi connectivity index (χ0n) is 12.0. The van der Waals surface area contributed by atoms with E-state index < -0.39 is 0 Å². The van der Waals surface area contributed by atoms with Gasteiger partial charge in [0.15, 0.2) is 0 Å². The zero-order chi connectivity index (χ0) is 15.9. The average molecular weight is 315 g/mol. The third-order valence-electron chi connectivity index (χ3n) is 3.38. The summed E-state index contributed by atoms with van der Waals surface area (Å²) in [4.78, 5) is 41.0. The molecule has 0 bridgehead atoms. The number of nitrogens with one attached hydrogen (secondary N) is 1. The number of benzene rings is 1. The second-order valence-corrected chi connectivity index (χ2v) is 6.07. The van der Waals surface area contributed by atoms with E-state index in [1.807, 2.05) is 12.3 Å². The molecule has 0 saturated heterocycles.